The van der Waals surface area contributed by atoms with Gasteiger partial charge in [-0.15, -0.1) is 0 Å². The number of anilines is 2. The van der Waals surface area contributed by atoms with E-state index in [4.69, 9.17) is 15.2 Å². The molecule has 2 rings (SSSR count). The van der Waals surface area contributed by atoms with Crippen LogP contribution in [0.5, 0.6) is 5.88 Å². The molecule has 0 bridgehead atoms. The third-order valence-corrected chi connectivity index (χ3v) is 3.42. The number of nitrogens with zero attached hydrogens (tertiary/aromatic N) is 2. The number of nitrogens with two attached hydrogens (primary N) is 1. The predicted octanol–water partition coefficient (Wildman–Crippen LogP) is 2.24. The summed E-state index contributed by atoms with van der Waals surface area (Å²) in [4.78, 5) is 6.47. The van der Waals surface area contributed by atoms with E-state index >= 15 is 0 Å². The lowest BCUT2D eigenvalue weighted by Gasteiger charge is -2.29. The van der Waals surface area contributed by atoms with Crippen molar-refractivity contribution in [1.82, 2.24) is 4.98 Å². The van der Waals surface area contributed by atoms with E-state index < -0.39 is 0 Å². The molecule has 5 nitrogen and oxygen atoms in total. The number of aromatic nitrogens is 1. The number of hydrogen-bond donors (Lipinski definition) is 1. The van der Waals surface area contributed by atoms with Crippen LogP contribution in [0.2, 0.25) is 0 Å². The molecule has 1 fully saturated rings. The number of allylic oxidation sites excluding steroid dienone is 1. The van der Waals surface area contributed by atoms with Crippen LogP contribution in [0.4, 0.5) is 11.5 Å². The average Bonchev–Trinajstić information content (AvgIpc) is 2.47. The Morgan fingerprint density at radius 2 is 2.20 bits per heavy atom. The van der Waals surface area contributed by atoms with Crippen molar-refractivity contribution in [3.8, 4) is 5.88 Å². The monoisotopic (exact) mass is 277 g/mol. The highest BCUT2D eigenvalue weighted by atomic mass is 16.5. The molecule has 1 aliphatic heterocycles. The number of morpholine rings is 1. The van der Waals surface area contributed by atoms with Crippen LogP contribution in [-0.2, 0) is 4.74 Å². The van der Waals surface area contributed by atoms with Crippen LogP contribution in [0.1, 0.15) is 20.3 Å². The third-order valence-electron chi connectivity index (χ3n) is 3.42. The molecule has 1 aliphatic rings. The average molecular weight is 277 g/mol. The number of nitrogen functional groups attached to an aromatic ring is 1. The van der Waals surface area contributed by atoms with E-state index in [1.54, 1.807) is 0 Å². The minimum Gasteiger partial charge on any atom is -0.477 e. The fourth-order valence-electron chi connectivity index (χ4n) is 2.05. The van der Waals surface area contributed by atoms with Gasteiger partial charge >= 0.3 is 0 Å². The van der Waals surface area contributed by atoms with Gasteiger partial charge in [0, 0.05) is 37.3 Å². The summed E-state index contributed by atoms with van der Waals surface area (Å²) < 4.78 is 11.1. The van der Waals surface area contributed by atoms with Crippen LogP contribution in [0.15, 0.2) is 23.8 Å². The van der Waals surface area contributed by atoms with E-state index in [9.17, 15) is 0 Å². The first-order chi connectivity index (χ1) is 9.69. The van der Waals surface area contributed by atoms with Crippen molar-refractivity contribution >= 4 is 11.5 Å². The summed E-state index contributed by atoms with van der Waals surface area (Å²) in [6.45, 7) is 7.99. The number of ether oxygens (including phenoxy) is 2. The van der Waals surface area contributed by atoms with Gasteiger partial charge in [-0.1, -0.05) is 11.6 Å². The van der Waals surface area contributed by atoms with Crippen LogP contribution in [0.25, 0.3) is 0 Å². The van der Waals surface area contributed by atoms with Crippen LogP contribution in [-0.4, -0.2) is 37.9 Å². The summed E-state index contributed by atoms with van der Waals surface area (Å²) in [7, 11) is 0. The van der Waals surface area contributed by atoms with Crippen LogP contribution < -0.4 is 15.4 Å². The van der Waals surface area contributed by atoms with Crippen molar-refractivity contribution in [2.24, 2.45) is 0 Å². The minimum atomic E-state index is 0.492. The van der Waals surface area contributed by atoms with Crippen molar-refractivity contribution in [3.05, 3.63) is 23.8 Å². The molecule has 1 aromatic heterocycles. The highest BCUT2D eigenvalue weighted by Crippen LogP contribution is 2.23. The van der Waals surface area contributed by atoms with Gasteiger partial charge in [0.05, 0.1) is 19.8 Å². The molecule has 0 saturated carbocycles. The van der Waals surface area contributed by atoms with Gasteiger partial charge in [-0.05, 0) is 13.8 Å². The van der Waals surface area contributed by atoms with Crippen molar-refractivity contribution < 1.29 is 9.47 Å². The Bertz CT molecular complexity index is 468. The first kappa shape index (κ1) is 14.7. The highest BCUT2D eigenvalue weighted by Gasteiger charge is 2.13. The molecule has 0 aliphatic carbocycles. The molecule has 0 spiro atoms. The van der Waals surface area contributed by atoms with Crippen LogP contribution in [0, 0.1) is 0 Å². The summed E-state index contributed by atoms with van der Waals surface area (Å²) >= 11 is 0. The Balaban J connectivity index is 2.00. The standard InChI is InChI=1S/C15H23N3O2/c1-3-12(2)4-7-20-15-11-13(10-14(16)17-15)18-5-8-19-9-6-18/h3,10-11H,4-9H2,1-2H3,(H2,16,17)/b12-3+. The van der Waals surface area contributed by atoms with Crippen molar-refractivity contribution in [2.45, 2.75) is 20.3 Å². The number of pyridine rings is 1. The molecule has 1 aromatic rings. The van der Waals surface area contributed by atoms with Gasteiger partial charge in [0.1, 0.15) is 5.82 Å². The van der Waals surface area contributed by atoms with Gasteiger partial charge in [0.2, 0.25) is 5.88 Å². The molecular formula is C15H23N3O2. The van der Waals surface area contributed by atoms with E-state index in [0.29, 0.717) is 18.3 Å². The Hall–Kier alpha value is -1.75. The Morgan fingerprint density at radius 3 is 2.90 bits per heavy atom. The van der Waals surface area contributed by atoms with E-state index in [0.717, 1.165) is 38.4 Å². The molecule has 110 valence electrons. The van der Waals surface area contributed by atoms with Gasteiger partial charge in [-0.25, -0.2) is 0 Å². The largest absolute Gasteiger partial charge is 0.477 e. The lowest BCUT2D eigenvalue weighted by atomic mass is 10.2. The van der Waals surface area contributed by atoms with Gasteiger partial charge in [-0.2, -0.15) is 4.98 Å². The maximum Gasteiger partial charge on any atom is 0.217 e. The second kappa shape index (κ2) is 7.14. The second-order valence-electron chi connectivity index (χ2n) is 4.92. The lowest BCUT2D eigenvalue weighted by Crippen LogP contribution is -2.36. The maximum absolute atomic E-state index is 5.86. The first-order valence-corrected chi connectivity index (χ1v) is 7.04. The molecule has 2 heterocycles. The van der Waals surface area contributed by atoms with E-state index in [1.165, 1.54) is 5.57 Å². The van der Waals surface area contributed by atoms with Crippen LogP contribution in [0.3, 0.4) is 0 Å². The maximum atomic E-state index is 5.86. The summed E-state index contributed by atoms with van der Waals surface area (Å²) in [6, 6.07) is 3.84. The van der Waals surface area contributed by atoms with Gasteiger partial charge in [0.15, 0.2) is 0 Å². The van der Waals surface area contributed by atoms with Gasteiger partial charge in [0.25, 0.3) is 0 Å². The fourth-order valence-corrected chi connectivity index (χ4v) is 2.05. The molecule has 0 amide bonds. The van der Waals surface area contributed by atoms with E-state index in [1.807, 2.05) is 19.1 Å². The van der Waals surface area contributed by atoms with Crippen molar-refractivity contribution in [3.63, 3.8) is 0 Å². The zero-order valence-electron chi connectivity index (χ0n) is 12.3. The topological polar surface area (TPSA) is 60.6 Å². The molecule has 0 unspecified atom stereocenters. The SMILES string of the molecule is C/C=C(\C)CCOc1cc(N2CCOCC2)cc(N)n1. The molecule has 20 heavy (non-hydrogen) atoms. The quantitative estimate of drug-likeness (QED) is 0.836. The summed E-state index contributed by atoms with van der Waals surface area (Å²) in [5.41, 5.74) is 8.23. The Kier molecular flexibility index (Phi) is 5.24. The lowest BCUT2D eigenvalue weighted by molar-refractivity contribution is 0.122. The number of hydrogen-bond acceptors (Lipinski definition) is 5. The first-order valence-electron chi connectivity index (χ1n) is 7.04. The Labute approximate surface area is 120 Å². The smallest absolute Gasteiger partial charge is 0.217 e. The van der Waals surface area contributed by atoms with Gasteiger partial charge < -0.3 is 20.1 Å². The zero-order valence-corrected chi connectivity index (χ0v) is 12.3. The normalized spacial score (nSPS) is 16.3. The highest BCUT2D eigenvalue weighted by molar-refractivity contribution is 5.55. The van der Waals surface area contributed by atoms with Crippen molar-refractivity contribution in [1.29, 1.82) is 0 Å². The van der Waals surface area contributed by atoms with Crippen LogP contribution >= 0.6 is 0 Å². The number of rotatable bonds is 5. The molecule has 2 N–H and O–H groups in total. The molecule has 0 radical (unpaired) electrons. The molecule has 0 aromatic carbocycles. The van der Waals surface area contributed by atoms with E-state index in [-0.39, 0.29) is 0 Å². The Morgan fingerprint density at radius 1 is 1.45 bits per heavy atom. The second-order valence-corrected chi connectivity index (χ2v) is 4.92. The molecule has 5 heteroatoms. The summed E-state index contributed by atoms with van der Waals surface area (Å²) in [6.07, 6.45) is 3.00. The summed E-state index contributed by atoms with van der Waals surface area (Å²) in [5, 5.41) is 0. The molecular weight excluding hydrogens is 254 g/mol. The predicted molar refractivity (Wildman–Crippen MR) is 81.2 cm³/mol. The minimum absolute atomic E-state index is 0.492. The van der Waals surface area contributed by atoms with Gasteiger partial charge in [-0.3, -0.25) is 0 Å². The molecule has 0 atom stereocenters. The summed E-state index contributed by atoms with van der Waals surface area (Å²) in [5.74, 6) is 1.09. The third kappa shape index (κ3) is 4.13. The fraction of sp³-hybridized carbons (Fsp3) is 0.533. The molecule has 1 saturated heterocycles. The van der Waals surface area contributed by atoms with E-state index in [2.05, 4.69) is 22.9 Å². The van der Waals surface area contributed by atoms with Crippen molar-refractivity contribution in [2.75, 3.05) is 43.5 Å². The zero-order chi connectivity index (χ0) is 14.4.